The van der Waals surface area contributed by atoms with Gasteiger partial charge in [-0.1, -0.05) is 18.2 Å². The van der Waals surface area contributed by atoms with Crippen molar-refractivity contribution < 1.29 is 14.6 Å². The molecular formula is C23H28N6O3. The van der Waals surface area contributed by atoms with Crippen LogP contribution in [0.4, 0.5) is 0 Å². The molecule has 3 heterocycles. The number of nitrogens with one attached hydrogen (secondary N) is 2. The number of carbonyl (C=O) groups is 1. The third-order valence-corrected chi connectivity index (χ3v) is 4.83. The number of hydrazine groups is 1. The molecule has 1 unspecified atom stereocenters. The number of fused-ring (bicyclic) bond motifs is 1. The van der Waals surface area contributed by atoms with Gasteiger partial charge in [0.25, 0.3) is 5.91 Å². The highest BCUT2D eigenvalue weighted by Crippen LogP contribution is 2.33. The number of hydrogen-bond donors (Lipinski definition) is 3. The van der Waals surface area contributed by atoms with E-state index in [2.05, 4.69) is 20.8 Å². The van der Waals surface area contributed by atoms with E-state index in [-0.39, 0.29) is 18.1 Å². The molecule has 0 bridgehead atoms. The largest absolute Gasteiger partial charge is 0.491 e. The van der Waals surface area contributed by atoms with E-state index in [1.54, 1.807) is 48.0 Å². The number of aliphatic hydroxyl groups is 1. The van der Waals surface area contributed by atoms with E-state index >= 15 is 0 Å². The highest BCUT2D eigenvalue weighted by atomic mass is 16.5. The molecule has 1 atom stereocenters. The minimum atomic E-state index is -0.937. The molecule has 9 heteroatoms. The van der Waals surface area contributed by atoms with Crippen LogP contribution in [-0.4, -0.2) is 48.9 Å². The third kappa shape index (κ3) is 4.74. The average Bonchev–Trinajstić information content (AvgIpc) is 3.30. The van der Waals surface area contributed by atoms with E-state index in [0.29, 0.717) is 23.5 Å². The molecule has 0 aliphatic carbocycles. The first-order valence-electron chi connectivity index (χ1n) is 10.5. The molecule has 9 nitrogen and oxygen atoms in total. The summed E-state index contributed by atoms with van der Waals surface area (Å²) in [5, 5.41) is 19.3. The minimum absolute atomic E-state index is 0.00286. The summed E-state index contributed by atoms with van der Waals surface area (Å²) < 4.78 is 7.56. The molecule has 32 heavy (non-hydrogen) atoms. The number of carbonyl (C=O) groups excluding carboxylic acids is 1. The Morgan fingerprint density at radius 3 is 2.84 bits per heavy atom. The van der Waals surface area contributed by atoms with Crippen molar-refractivity contribution in [2.75, 3.05) is 6.54 Å². The number of benzene rings is 1. The van der Waals surface area contributed by atoms with Crippen LogP contribution in [0.25, 0.3) is 5.65 Å². The van der Waals surface area contributed by atoms with Crippen LogP contribution in [0.1, 0.15) is 49.7 Å². The molecule has 168 valence electrons. The highest BCUT2D eigenvalue weighted by molar-refractivity contribution is 6.00. The number of nitrogens with zero attached hydrogens (tertiary/aromatic N) is 4. The standard InChI is InChI=1S/C23H28N6O3/c1-15(2)32-19-9-6-5-8-16(19)20-18(13-28(27-20)14-23(3,4)31)26-22(30)17-12-25-29-11-7-10-24-21(17)29/h5-13,15,20,27,31H,14H2,1-4H3,(H,26,30). The highest BCUT2D eigenvalue weighted by Gasteiger charge is 2.32. The first kappa shape index (κ1) is 21.8. The first-order chi connectivity index (χ1) is 15.2. The molecule has 3 N–H and O–H groups in total. The van der Waals surface area contributed by atoms with Crippen LogP contribution in [0.2, 0.25) is 0 Å². The molecule has 0 saturated heterocycles. The van der Waals surface area contributed by atoms with Gasteiger partial charge in [0.15, 0.2) is 5.65 Å². The van der Waals surface area contributed by atoms with Crippen LogP contribution in [0.5, 0.6) is 5.75 Å². The number of aromatic nitrogens is 3. The Morgan fingerprint density at radius 2 is 2.09 bits per heavy atom. The molecule has 1 amide bonds. The Morgan fingerprint density at radius 1 is 1.31 bits per heavy atom. The Hall–Kier alpha value is -3.43. The molecule has 3 aromatic rings. The van der Waals surface area contributed by atoms with Crippen molar-refractivity contribution in [3.63, 3.8) is 0 Å². The van der Waals surface area contributed by atoms with E-state index in [9.17, 15) is 9.90 Å². The second-order valence-corrected chi connectivity index (χ2v) is 8.69. The summed E-state index contributed by atoms with van der Waals surface area (Å²) in [6.07, 6.45) is 6.66. The Labute approximate surface area is 186 Å². The van der Waals surface area contributed by atoms with Crippen LogP contribution in [-0.2, 0) is 0 Å². The fourth-order valence-electron chi connectivity index (χ4n) is 3.63. The maximum Gasteiger partial charge on any atom is 0.261 e. The van der Waals surface area contributed by atoms with E-state index in [1.807, 2.05) is 38.1 Å². The number of amides is 1. The van der Waals surface area contributed by atoms with Gasteiger partial charge in [-0.05, 0) is 39.8 Å². The van der Waals surface area contributed by atoms with E-state index in [1.165, 1.54) is 6.20 Å². The summed E-state index contributed by atoms with van der Waals surface area (Å²) in [4.78, 5) is 17.4. The minimum Gasteiger partial charge on any atom is -0.491 e. The lowest BCUT2D eigenvalue weighted by atomic mass is 10.0. The van der Waals surface area contributed by atoms with Gasteiger partial charge in [0, 0.05) is 24.2 Å². The van der Waals surface area contributed by atoms with Gasteiger partial charge in [-0.3, -0.25) is 4.79 Å². The maximum atomic E-state index is 13.1. The number of rotatable bonds is 7. The van der Waals surface area contributed by atoms with Crippen molar-refractivity contribution in [1.82, 2.24) is 30.3 Å². The van der Waals surface area contributed by atoms with Crippen molar-refractivity contribution in [3.8, 4) is 5.75 Å². The number of hydrogen-bond acceptors (Lipinski definition) is 7. The van der Waals surface area contributed by atoms with Crippen LogP contribution >= 0.6 is 0 Å². The molecule has 0 spiro atoms. The molecule has 4 rings (SSSR count). The number of ether oxygens (including phenoxy) is 1. The van der Waals surface area contributed by atoms with Crippen molar-refractivity contribution in [1.29, 1.82) is 0 Å². The maximum absolute atomic E-state index is 13.1. The zero-order valence-electron chi connectivity index (χ0n) is 18.6. The van der Waals surface area contributed by atoms with Crippen LogP contribution in [0, 0.1) is 0 Å². The van der Waals surface area contributed by atoms with E-state index in [4.69, 9.17) is 4.74 Å². The van der Waals surface area contributed by atoms with Gasteiger partial charge in [-0.2, -0.15) is 5.10 Å². The summed E-state index contributed by atoms with van der Waals surface area (Å²) in [5.41, 5.74) is 4.79. The van der Waals surface area contributed by atoms with Gasteiger partial charge in [-0.25, -0.2) is 14.9 Å². The molecular weight excluding hydrogens is 408 g/mol. The van der Waals surface area contributed by atoms with Gasteiger partial charge in [0.2, 0.25) is 0 Å². The predicted molar refractivity (Wildman–Crippen MR) is 120 cm³/mol. The summed E-state index contributed by atoms with van der Waals surface area (Å²) >= 11 is 0. The van der Waals surface area contributed by atoms with Crippen molar-refractivity contribution in [3.05, 3.63) is 71.9 Å². The lowest BCUT2D eigenvalue weighted by Gasteiger charge is -2.27. The zero-order valence-corrected chi connectivity index (χ0v) is 18.6. The van der Waals surface area contributed by atoms with E-state index in [0.717, 1.165) is 11.3 Å². The van der Waals surface area contributed by atoms with Gasteiger partial charge in [0.1, 0.15) is 11.3 Å². The SMILES string of the molecule is CC(C)Oc1ccccc1C1NN(CC(C)(C)O)C=C1NC(=O)c1cnn2cccnc12. The molecule has 1 aliphatic rings. The molecule has 0 fully saturated rings. The van der Waals surface area contributed by atoms with Crippen molar-refractivity contribution in [2.24, 2.45) is 0 Å². The molecule has 1 aliphatic heterocycles. The summed E-state index contributed by atoms with van der Waals surface area (Å²) in [6, 6.07) is 9.09. The second kappa shape index (κ2) is 8.60. The first-order valence-corrected chi connectivity index (χ1v) is 10.5. The van der Waals surface area contributed by atoms with Crippen LogP contribution in [0.3, 0.4) is 0 Å². The van der Waals surface area contributed by atoms with Crippen molar-refractivity contribution >= 4 is 11.6 Å². The molecule has 0 radical (unpaired) electrons. The summed E-state index contributed by atoms with van der Waals surface area (Å²) in [6.45, 7) is 7.73. The third-order valence-electron chi connectivity index (χ3n) is 4.83. The lowest BCUT2D eigenvalue weighted by molar-refractivity contribution is 0.0376. The molecule has 1 aromatic carbocycles. The average molecular weight is 437 g/mol. The quantitative estimate of drug-likeness (QED) is 0.523. The molecule has 2 aromatic heterocycles. The summed E-state index contributed by atoms with van der Waals surface area (Å²) in [5.74, 6) is 0.409. The number of para-hydroxylation sites is 1. The Balaban J connectivity index is 1.66. The van der Waals surface area contributed by atoms with Crippen molar-refractivity contribution in [2.45, 2.75) is 45.4 Å². The van der Waals surface area contributed by atoms with Gasteiger partial charge in [-0.15, -0.1) is 0 Å². The van der Waals surface area contributed by atoms with Crippen LogP contribution < -0.4 is 15.5 Å². The smallest absolute Gasteiger partial charge is 0.261 e. The number of β-amino-alcohol motifs (C(OH)–C–C–N with tert-alkyl or cyclic N) is 1. The fourth-order valence-corrected chi connectivity index (χ4v) is 3.63. The topological polar surface area (TPSA) is 104 Å². The Bertz CT molecular complexity index is 1150. The monoisotopic (exact) mass is 436 g/mol. The fraction of sp³-hybridized carbons (Fsp3) is 0.348. The van der Waals surface area contributed by atoms with Gasteiger partial charge >= 0.3 is 0 Å². The van der Waals surface area contributed by atoms with Gasteiger partial charge < -0.3 is 20.2 Å². The Kier molecular flexibility index (Phi) is 5.86. The normalized spacial score (nSPS) is 16.5. The summed E-state index contributed by atoms with van der Waals surface area (Å²) in [7, 11) is 0. The lowest BCUT2D eigenvalue weighted by Crippen LogP contribution is -2.41. The zero-order chi connectivity index (χ0) is 22.9. The van der Waals surface area contributed by atoms with Gasteiger partial charge in [0.05, 0.1) is 36.2 Å². The van der Waals surface area contributed by atoms with Crippen LogP contribution in [0.15, 0.2) is 60.8 Å². The predicted octanol–water partition coefficient (Wildman–Crippen LogP) is 2.42. The second-order valence-electron chi connectivity index (χ2n) is 8.69. The molecule has 0 saturated carbocycles. The van der Waals surface area contributed by atoms with E-state index < -0.39 is 5.60 Å².